The summed E-state index contributed by atoms with van der Waals surface area (Å²) in [6, 6.07) is 4.17. The van der Waals surface area contributed by atoms with Crippen LogP contribution in [0.2, 0.25) is 0 Å². The third-order valence-corrected chi connectivity index (χ3v) is 1.45. The Labute approximate surface area is 70.1 Å². The second-order valence-electron chi connectivity index (χ2n) is 2.31. The second kappa shape index (κ2) is 3.88. The Morgan fingerprint density at radius 3 is 2.83 bits per heavy atom. The molecule has 0 fully saturated rings. The molecule has 0 atom stereocenters. The molecule has 12 heavy (non-hydrogen) atoms. The highest BCUT2D eigenvalue weighted by Gasteiger charge is 2.01. The van der Waals surface area contributed by atoms with Crippen LogP contribution in [0.3, 0.4) is 0 Å². The van der Waals surface area contributed by atoms with Crippen molar-refractivity contribution < 1.29 is 9.50 Å². The van der Waals surface area contributed by atoms with Crippen molar-refractivity contribution in [3.63, 3.8) is 0 Å². The summed E-state index contributed by atoms with van der Waals surface area (Å²) in [5.41, 5.74) is 5.37. The van der Waals surface area contributed by atoms with Gasteiger partial charge >= 0.3 is 0 Å². The summed E-state index contributed by atoms with van der Waals surface area (Å²) in [6.07, 6.45) is 3.04. The quantitative estimate of drug-likeness (QED) is 0.701. The van der Waals surface area contributed by atoms with Crippen LogP contribution in [0.25, 0.3) is 6.08 Å². The molecule has 0 bridgehead atoms. The zero-order chi connectivity index (χ0) is 8.97. The van der Waals surface area contributed by atoms with Crippen molar-refractivity contribution in [1.29, 1.82) is 0 Å². The SMILES string of the molecule is NCC=Cc1c(O)cccc1F. The van der Waals surface area contributed by atoms with E-state index >= 15 is 0 Å². The minimum atomic E-state index is -0.445. The molecule has 1 aromatic carbocycles. The first kappa shape index (κ1) is 8.74. The first-order chi connectivity index (χ1) is 5.75. The molecule has 1 aromatic rings. The highest BCUT2D eigenvalue weighted by atomic mass is 19.1. The minimum absolute atomic E-state index is 0.0697. The van der Waals surface area contributed by atoms with E-state index in [0.29, 0.717) is 6.54 Å². The molecule has 0 saturated carbocycles. The van der Waals surface area contributed by atoms with Crippen molar-refractivity contribution in [2.45, 2.75) is 0 Å². The maximum absolute atomic E-state index is 12.9. The highest BCUT2D eigenvalue weighted by molar-refractivity contribution is 5.57. The molecule has 0 amide bonds. The van der Waals surface area contributed by atoms with Gasteiger partial charge in [0.2, 0.25) is 0 Å². The molecule has 0 heterocycles. The predicted octanol–water partition coefficient (Wildman–Crippen LogP) is 1.50. The maximum atomic E-state index is 12.9. The van der Waals surface area contributed by atoms with E-state index in [1.54, 1.807) is 6.08 Å². The first-order valence-electron chi connectivity index (χ1n) is 3.60. The molecular formula is C9H10FNO. The van der Waals surface area contributed by atoms with Gasteiger partial charge in [-0.25, -0.2) is 4.39 Å². The number of phenolic OH excluding ortho intramolecular Hbond substituents is 1. The summed E-state index contributed by atoms with van der Waals surface area (Å²) in [6.45, 7) is 0.327. The Balaban J connectivity index is 3.04. The smallest absolute Gasteiger partial charge is 0.134 e. The average Bonchev–Trinajstić information content (AvgIpc) is 2.04. The lowest BCUT2D eigenvalue weighted by Gasteiger charge is -1.98. The minimum Gasteiger partial charge on any atom is -0.507 e. The van der Waals surface area contributed by atoms with Crippen LogP contribution in [-0.4, -0.2) is 11.7 Å². The topological polar surface area (TPSA) is 46.2 Å². The van der Waals surface area contributed by atoms with Gasteiger partial charge in [0.15, 0.2) is 0 Å². The van der Waals surface area contributed by atoms with Crippen LogP contribution in [0.5, 0.6) is 5.75 Å². The van der Waals surface area contributed by atoms with E-state index in [1.165, 1.54) is 24.3 Å². The van der Waals surface area contributed by atoms with E-state index in [-0.39, 0.29) is 11.3 Å². The highest BCUT2D eigenvalue weighted by Crippen LogP contribution is 2.20. The fraction of sp³-hybridized carbons (Fsp3) is 0.111. The Morgan fingerprint density at radius 1 is 1.50 bits per heavy atom. The lowest BCUT2D eigenvalue weighted by molar-refractivity contribution is 0.467. The van der Waals surface area contributed by atoms with Gasteiger partial charge in [-0.3, -0.25) is 0 Å². The van der Waals surface area contributed by atoms with Gasteiger partial charge in [0, 0.05) is 6.54 Å². The number of aromatic hydroxyl groups is 1. The normalized spacial score (nSPS) is 10.8. The number of phenols is 1. The van der Waals surface area contributed by atoms with Gasteiger partial charge in [0.1, 0.15) is 11.6 Å². The Hall–Kier alpha value is -1.35. The number of hydrogen-bond donors (Lipinski definition) is 2. The van der Waals surface area contributed by atoms with Gasteiger partial charge < -0.3 is 10.8 Å². The fourth-order valence-corrected chi connectivity index (χ4v) is 0.877. The van der Waals surface area contributed by atoms with Crippen molar-refractivity contribution in [1.82, 2.24) is 0 Å². The van der Waals surface area contributed by atoms with E-state index in [9.17, 15) is 9.50 Å². The molecule has 3 N–H and O–H groups in total. The lowest BCUT2D eigenvalue weighted by Crippen LogP contribution is -1.92. The maximum Gasteiger partial charge on any atom is 0.134 e. The average molecular weight is 167 g/mol. The van der Waals surface area contributed by atoms with Crippen LogP contribution in [0.4, 0.5) is 4.39 Å². The second-order valence-corrected chi connectivity index (χ2v) is 2.31. The summed E-state index contributed by atoms with van der Waals surface area (Å²) in [4.78, 5) is 0. The van der Waals surface area contributed by atoms with Gasteiger partial charge in [-0.15, -0.1) is 0 Å². The van der Waals surface area contributed by atoms with E-state index < -0.39 is 5.82 Å². The van der Waals surface area contributed by atoms with Crippen LogP contribution in [-0.2, 0) is 0 Å². The molecule has 0 spiro atoms. The number of benzene rings is 1. The summed E-state index contributed by atoms with van der Waals surface area (Å²) >= 11 is 0. The van der Waals surface area contributed by atoms with Crippen molar-refractivity contribution in [3.05, 3.63) is 35.7 Å². The molecule has 0 aliphatic rings. The number of hydrogen-bond acceptors (Lipinski definition) is 2. The summed E-state index contributed by atoms with van der Waals surface area (Å²) in [5.74, 6) is -0.514. The summed E-state index contributed by atoms with van der Waals surface area (Å²) in [7, 11) is 0. The van der Waals surface area contributed by atoms with Crippen LogP contribution < -0.4 is 5.73 Å². The van der Waals surface area contributed by atoms with Crippen LogP contribution in [0, 0.1) is 5.82 Å². The van der Waals surface area contributed by atoms with Crippen molar-refractivity contribution in [2.24, 2.45) is 5.73 Å². The summed E-state index contributed by atoms with van der Waals surface area (Å²) in [5, 5.41) is 9.19. The molecule has 0 unspecified atom stereocenters. The van der Waals surface area contributed by atoms with Gasteiger partial charge in [0.25, 0.3) is 0 Å². The zero-order valence-electron chi connectivity index (χ0n) is 6.50. The standard InChI is InChI=1S/C9H10FNO/c10-8-4-1-5-9(12)7(8)3-2-6-11/h1-5,12H,6,11H2. The van der Waals surface area contributed by atoms with E-state index in [1.807, 2.05) is 0 Å². The molecule has 64 valence electrons. The Bertz CT molecular complexity index is 276. The third kappa shape index (κ3) is 1.83. The predicted molar refractivity (Wildman–Crippen MR) is 46.2 cm³/mol. The third-order valence-electron chi connectivity index (χ3n) is 1.45. The number of nitrogens with two attached hydrogens (primary N) is 1. The number of halogens is 1. The fourth-order valence-electron chi connectivity index (χ4n) is 0.877. The first-order valence-corrected chi connectivity index (χ1v) is 3.60. The van der Waals surface area contributed by atoms with Gasteiger partial charge in [0.05, 0.1) is 5.56 Å². The molecule has 3 heteroatoms. The van der Waals surface area contributed by atoms with E-state index in [2.05, 4.69) is 0 Å². The van der Waals surface area contributed by atoms with Crippen molar-refractivity contribution in [2.75, 3.05) is 6.54 Å². The largest absolute Gasteiger partial charge is 0.507 e. The Morgan fingerprint density at radius 2 is 2.25 bits per heavy atom. The van der Waals surface area contributed by atoms with Crippen LogP contribution in [0.15, 0.2) is 24.3 Å². The molecule has 1 rings (SSSR count). The van der Waals surface area contributed by atoms with Crippen LogP contribution in [0.1, 0.15) is 5.56 Å². The van der Waals surface area contributed by atoms with Crippen molar-refractivity contribution >= 4 is 6.08 Å². The number of rotatable bonds is 2. The molecule has 0 saturated heterocycles. The van der Waals surface area contributed by atoms with Crippen LogP contribution >= 0.6 is 0 Å². The zero-order valence-corrected chi connectivity index (χ0v) is 6.50. The molecule has 0 radical (unpaired) electrons. The van der Waals surface area contributed by atoms with Gasteiger partial charge in [-0.1, -0.05) is 18.2 Å². The lowest BCUT2D eigenvalue weighted by atomic mass is 10.2. The molecular weight excluding hydrogens is 157 g/mol. The molecule has 2 nitrogen and oxygen atoms in total. The van der Waals surface area contributed by atoms with Gasteiger partial charge in [-0.2, -0.15) is 0 Å². The van der Waals surface area contributed by atoms with Gasteiger partial charge in [-0.05, 0) is 12.1 Å². The molecule has 0 aliphatic carbocycles. The molecule has 0 aliphatic heterocycles. The van der Waals surface area contributed by atoms with E-state index in [0.717, 1.165) is 0 Å². The van der Waals surface area contributed by atoms with Crippen molar-refractivity contribution in [3.8, 4) is 5.75 Å². The monoisotopic (exact) mass is 167 g/mol. The Kier molecular flexibility index (Phi) is 2.82. The molecule has 0 aromatic heterocycles. The van der Waals surface area contributed by atoms with E-state index in [4.69, 9.17) is 5.73 Å². The summed E-state index contributed by atoms with van der Waals surface area (Å²) < 4.78 is 12.9.